The van der Waals surface area contributed by atoms with Gasteiger partial charge in [0, 0.05) is 6.20 Å². The van der Waals surface area contributed by atoms with Gasteiger partial charge >= 0.3 is 5.91 Å². The first-order valence-electron chi connectivity index (χ1n) is 11.7. The predicted molar refractivity (Wildman–Crippen MR) is 142 cm³/mol. The number of aliphatic hydroxyl groups is 1. The Labute approximate surface area is 217 Å². The van der Waals surface area contributed by atoms with Crippen molar-refractivity contribution in [2.75, 3.05) is 19.1 Å². The summed E-state index contributed by atoms with van der Waals surface area (Å²) in [5.41, 5.74) is 2.34. The summed E-state index contributed by atoms with van der Waals surface area (Å²) in [5.74, 6) is -1.13. The molecular formula is C28H25N3O5S. The molecule has 1 atom stereocenters. The van der Waals surface area contributed by atoms with Crippen LogP contribution in [-0.2, 0) is 9.59 Å². The lowest BCUT2D eigenvalue weighted by Crippen LogP contribution is -2.29. The molecule has 1 unspecified atom stereocenters. The molecule has 1 saturated heterocycles. The van der Waals surface area contributed by atoms with Crippen LogP contribution in [0.1, 0.15) is 42.6 Å². The fourth-order valence-corrected chi connectivity index (χ4v) is 5.50. The molecule has 1 amide bonds. The number of carbonyl (C=O) groups is 2. The summed E-state index contributed by atoms with van der Waals surface area (Å²) in [6.07, 6.45) is 1.58. The van der Waals surface area contributed by atoms with Crippen molar-refractivity contribution in [3.63, 3.8) is 0 Å². The number of thiazole rings is 1. The maximum Gasteiger partial charge on any atom is 0.301 e. The Morgan fingerprint density at radius 3 is 2.38 bits per heavy atom. The number of nitrogens with zero attached hydrogens (tertiary/aromatic N) is 3. The van der Waals surface area contributed by atoms with Gasteiger partial charge in [0.05, 0.1) is 35.7 Å². The van der Waals surface area contributed by atoms with Gasteiger partial charge in [-0.2, -0.15) is 0 Å². The number of Topliss-reactive ketones (excluding diaryl/α,β-unsaturated/α-hetero) is 1. The van der Waals surface area contributed by atoms with Crippen LogP contribution in [0.25, 0.3) is 16.0 Å². The van der Waals surface area contributed by atoms with Crippen LogP contribution >= 0.6 is 11.3 Å². The molecule has 5 rings (SSSR count). The predicted octanol–water partition coefficient (Wildman–Crippen LogP) is 5.46. The van der Waals surface area contributed by atoms with Gasteiger partial charge in [0.2, 0.25) is 0 Å². The molecule has 4 aromatic rings. The van der Waals surface area contributed by atoms with Crippen molar-refractivity contribution >= 4 is 44.1 Å². The molecule has 1 N–H and O–H groups in total. The fourth-order valence-electron chi connectivity index (χ4n) is 4.46. The van der Waals surface area contributed by atoms with Gasteiger partial charge in [0.15, 0.2) is 5.13 Å². The molecule has 0 spiro atoms. The molecule has 0 radical (unpaired) electrons. The van der Waals surface area contributed by atoms with Crippen LogP contribution in [-0.4, -0.2) is 41.0 Å². The van der Waals surface area contributed by atoms with Gasteiger partial charge < -0.3 is 14.6 Å². The molecule has 2 aromatic carbocycles. The average Bonchev–Trinajstić information content (AvgIpc) is 3.45. The monoisotopic (exact) mass is 515 g/mol. The summed E-state index contributed by atoms with van der Waals surface area (Å²) in [6.45, 7) is 4.21. The van der Waals surface area contributed by atoms with E-state index >= 15 is 0 Å². The maximum absolute atomic E-state index is 13.5. The van der Waals surface area contributed by atoms with E-state index in [1.54, 1.807) is 42.6 Å². The minimum atomic E-state index is -0.999. The standard InChI is InChI=1S/C28H25N3O5S/c1-15(2)16-11-12-17-21(14-16)37-28(30-17)31-24(18-8-5-6-13-29-18)23(26(33)27(31)34)25(32)22-19(35-3)9-7-10-20(22)36-4/h5-15,24,32H,1-4H3/b25-23+. The van der Waals surface area contributed by atoms with E-state index in [0.717, 1.165) is 15.8 Å². The second kappa shape index (κ2) is 9.67. The number of carbonyl (C=O) groups excluding carboxylic acids is 2. The lowest BCUT2D eigenvalue weighted by atomic mass is 9.97. The zero-order chi connectivity index (χ0) is 26.3. The van der Waals surface area contributed by atoms with Gasteiger partial charge in [0.25, 0.3) is 5.78 Å². The lowest BCUT2D eigenvalue weighted by molar-refractivity contribution is -0.132. The third-order valence-electron chi connectivity index (χ3n) is 6.35. The highest BCUT2D eigenvalue weighted by Gasteiger charge is 2.49. The van der Waals surface area contributed by atoms with E-state index in [2.05, 4.69) is 23.8 Å². The van der Waals surface area contributed by atoms with Gasteiger partial charge in [-0.3, -0.25) is 19.5 Å². The van der Waals surface area contributed by atoms with Crippen molar-refractivity contribution in [1.82, 2.24) is 9.97 Å². The van der Waals surface area contributed by atoms with Crippen LogP contribution < -0.4 is 14.4 Å². The lowest BCUT2D eigenvalue weighted by Gasteiger charge is -2.22. The van der Waals surface area contributed by atoms with Crippen LogP contribution in [0.3, 0.4) is 0 Å². The minimum absolute atomic E-state index is 0.117. The number of methoxy groups -OCH3 is 2. The van der Waals surface area contributed by atoms with Crippen LogP contribution in [0, 0.1) is 0 Å². The minimum Gasteiger partial charge on any atom is -0.506 e. The van der Waals surface area contributed by atoms with Gasteiger partial charge in [-0.15, -0.1) is 0 Å². The smallest absolute Gasteiger partial charge is 0.301 e. The number of pyridine rings is 1. The van der Waals surface area contributed by atoms with Crippen LogP contribution in [0.5, 0.6) is 11.5 Å². The molecule has 8 nitrogen and oxygen atoms in total. The number of ether oxygens (including phenoxy) is 2. The van der Waals surface area contributed by atoms with E-state index < -0.39 is 23.5 Å². The van der Waals surface area contributed by atoms with E-state index in [-0.39, 0.29) is 11.1 Å². The van der Waals surface area contributed by atoms with E-state index in [1.165, 1.54) is 30.5 Å². The molecule has 0 saturated carbocycles. The molecule has 1 aliphatic rings. The topological polar surface area (TPSA) is 102 Å². The molecule has 0 aliphatic carbocycles. The summed E-state index contributed by atoms with van der Waals surface area (Å²) < 4.78 is 11.8. The normalized spacial score (nSPS) is 17.1. The summed E-state index contributed by atoms with van der Waals surface area (Å²) in [6, 6.07) is 15.2. The first-order valence-corrected chi connectivity index (χ1v) is 12.5. The number of aliphatic hydroxyl groups excluding tert-OH is 1. The maximum atomic E-state index is 13.5. The Kier molecular flexibility index (Phi) is 6.39. The number of ketones is 1. The zero-order valence-corrected chi connectivity index (χ0v) is 21.6. The van der Waals surface area contributed by atoms with Crippen molar-refractivity contribution in [1.29, 1.82) is 0 Å². The SMILES string of the molecule is COc1cccc(OC)c1/C(O)=C1\C(=O)C(=O)N(c2nc3ccc(C(C)C)cc3s2)C1c1ccccn1. The van der Waals surface area contributed by atoms with Crippen molar-refractivity contribution < 1.29 is 24.2 Å². The fraction of sp³-hybridized carbons (Fsp3) is 0.214. The Bertz CT molecular complexity index is 1520. The number of anilines is 1. The average molecular weight is 516 g/mol. The Morgan fingerprint density at radius 2 is 1.76 bits per heavy atom. The third-order valence-corrected chi connectivity index (χ3v) is 7.37. The van der Waals surface area contributed by atoms with Crippen molar-refractivity contribution in [2.45, 2.75) is 25.8 Å². The third kappa shape index (κ3) is 4.11. The first-order chi connectivity index (χ1) is 17.8. The largest absolute Gasteiger partial charge is 0.506 e. The van der Waals surface area contributed by atoms with Gasteiger partial charge in [-0.25, -0.2) is 4.98 Å². The van der Waals surface area contributed by atoms with Crippen LogP contribution in [0.4, 0.5) is 5.13 Å². The molecule has 3 heterocycles. The highest BCUT2D eigenvalue weighted by molar-refractivity contribution is 7.22. The zero-order valence-electron chi connectivity index (χ0n) is 20.8. The van der Waals surface area contributed by atoms with E-state index in [0.29, 0.717) is 28.2 Å². The van der Waals surface area contributed by atoms with Gasteiger partial charge in [-0.1, -0.05) is 43.4 Å². The van der Waals surface area contributed by atoms with E-state index in [4.69, 9.17) is 9.47 Å². The number of amides is 1. The number of benzene rings is 2. The number of hydrogen-bond donors (Lipinski definition) is 1. The van der Waals surface area contributed by atoms with Gasteiger partial charge in [0.1, 0.15) is 28.9 Å². The summed E-state index contributed by atoms with van der Waals surface area (Å²) in [5, 5.41) is 11.9. The Balaban J connectivity index is 1.74. The molecule has 9 heteroatoms. The van der Waals surface area contributed by atoms with Gasteiger partial charge in [-0.05, 0) is 47.9 Å². The molecule has 1 fully saturated rings. The van der Waals surface area contributed by atoms with Crippen molar-refractivity contribution in [3.8, 4) is 11.5 Å². The Morgan fingerprint density at radius 1 is 1.03 bits per heavy atom. The number of hydrogen-bond acceptors (Lipinski definition) is 8. The first kappa shape index (κ1) is 24.5. The summed E-state index contributed by atoms with van der Waals surface area (Å²) >= 11 is 1.32. The Hall–Kier alpha value is -4.24. The van der Waals surface area contributed by atoms with E-state index in [9.17, 15) is 14.7 Å². The molecular weight excluding hydrogens is 490 g/mol. The highest BCUT2D eigenvalue weighted by Crippen LogP contribution is 2.46. The second-order valence-electron chi connectivity index (χ2n) is 8.84. The molecule has 2 aromatic heterocycles. The molecule has 1 aliphatic heterocycles. The second-order valence-corrected chi connectivity index (χ2v) is 9.85. The van der Waals surface area contributed by atoms with Crippen LogP contribution in [0.15, 0.2) is 66.4 Å². The molecule has 0 bridgehead atoms. The summed E-state index contributed by atoms with van der Waals surface area (Å²) in [4.78, 5) is 37.4. The van der Waals surface area contributed by atoms with Crippen molar-refractivity contribution in [3.05, 3.63) is 83.2 Å². The molecule has 37 heavy (non-hydrogen) atoms. The van der Waals surface area contributed by atoms with Crippen molar-refractivity contribution in [2.24, 2.45) is 0 Å². The van der Waals surface area contributed by atoms with Crippen LogP contribution in [0.2, 0.25) is 0 Å². The highest BCUT2D eigenvalue weighted by atomic mass is 32.1. The quantitative estimate of drug-likeness (QED) is 0.207. The number of aromatic nitrogens is 2. The number of fused-ring (bicyclic) bond motifs is 1. The summed E-state index contributed by atoms with van der Waals surface area (Å²) in [7, 11) is 2.90. The van der Waals surface area contributed by atoms with E-state index in [1.807, 2.05) is 18.2 Å². The number of rotatable bonds is 6. The molecule has 188 valence electrons.